The molecule has 0 amide bonds. The lowest BCUT2D eigenvalue weighted by Gasteiger charge is -2.12. The minimum atomic E-state index is -0.725. The molecule has 18 heavy (non-hydrogen) atoms. The van der Waals surface area contributed by atoms with Crippen LogP contribution < -0.4 is 4.74 Å². The molecule has 2 aromatic rings. The average molecular weight is 248 g/mol. The van der Waals surface area contributed by atoms with E-state index in [1.807, 2.05) is 0 Å². The first kappa shape index (κ1) is 12.4. The second-order valence-corrected chi connectivity index (χ2v) is 3.81. The Balaban J connectivity index is 2.15. The van der Waals surface area contributed by atoms with E-state index in [4.69, 9.17) is 4.74 Å². The van der Waals surface area contributed by atoms with Crippen LogP contribution in [0, 0.1) is 5.82 Å². The summed E-state index contributed by atoms with van der Waals surface area (Å²) in [5, 5.41) is 9.56. The minimum Gasteiger partial charge on any atom is -0.485 e. The molecule has 1 aromatic carbocycles. The number of aliphatic hydroxyl groups excluding tert-OH is 1. The Morgan fingerprint density at radius 2 is 2.06 bits per heavy atom. The molecule has 0 fully saturated rings. The summed E-state index contributed by atoms with van der Waals surface area (Å²) < 4.78 is 18.6. The van der Waals surface area contributed by atoms with Gasteiger partial charge in [0, 0.05) is 24.0 Å². The molecular formula is C13H13FN2O2. The zero-order valence-electron chi connectivity index (χ0n) is 9.88. The van der Waals surface area contributed by atoms with Crippen molar-refractivity contribution in [3.05, 3.63) is 53.9 Å². The summed E-state index contributed by atoms with van der Waals surface area (Å²) >= 11 is 0. The highest BCUT2D eigenvalue weighted by Gasteiger charge is 2.10. The largest absolute Gasteiger partial charge is 0.485 e. The molecule has 4 nitrogen and oxygen atoms in total. The molecule has 0 aliphatic rings. The second kappa shape index (κ2) is 5.55. The predicted molar refractivity (Wildman–Crippen MR) is 63.4 cm³/mol. The standard InChI is InChI=1S/C13H13FN2O2/c1-9(17)11-4-3-10(14)7-12(11)18-8-13-15-5-2-6-16-13/h2-7,9,17H,8H2,1H3. The van der Waals surface area contributed by atoms with Gasteiger partial charge in [-0.25, -0.2) is 14.4 Å². The molecule has 0 saturated carbocycles. The number of hydrogen-bond acceptors (Lipinski definition) is 4. The summed E-state index contributed by atoms with van der Waals surface area (Å²) in [6.45, 7) is 1.73. The highest BCUT2D eigenvalue weighted by Crippen LogP contribution is 2.26. The molecule has 2 rings (SSSR count). The van der Waals surface area contributed by atoms with E-state index in [1.165, 1.54) is 18.2 Å². The molecule has 1 unspecified atom stereocenters. The van der Waals surface area contributed by atoms with Crippen molar-refractivity contribution in [2.24, 2.45) is 0 Å². The van der Waals surface area contributed by atoms with E-state index in [0.29, 0.717) is 17.1 Å². The van der Waals surface area contributed by atoms with Crippen molar-refractivity contribution in [3.8, 4) is 5.75 Å². The molecule has 0 aliphatic heterocycles. The van der Waals surface area contributed by atoms with E-state index in [-0.39, 0.29) is 6.61 Å². The number of rotatable bonds is 4. The molecule has 1 atom stereocenters. The number of aliphatic hydroxyl groups is 1. The maximum absolute atomic E-state index is 13.1. The fourth-order valence-corrected chi connectivity index (χ4v) is 1.53. The van der Waals surface area contributed by atoms with E-state index in [9.17, 15) is 9.50 Å². The number of ether oxygens (including phenoxy) is 1. The molecule has 5 heteroatoms. The normalized spacial score (nSPS) is 12.2. The summed E-state index contributed by atoms with van der Waals surface area (Å²) in [6, 6.07) is 5.73. The lowest BCUT2D eigenvalue weighted by atomic mass is 10.1. The molecule has 0 aliphatic carbocycles. The van der Waals surface area contributed by atoms with Crippen molar-refractivity contribution in [1.82, 2.24) is 9.97 Å². The molecule has 0 radical (unpaired) electrons. The SMILES string of the molecule is CC(O)c1ccc(F)cc1OCc1ncccn1. The zero-order valence-corrected chi connectivity index (χ0v) is 9.88. The number of nitrogens with zero attached hydrogens (tertiary/aromatic N) is 2. The van der Waals surface area contributed by atoms with Crippen molar-refractivity contribution >= 4 is 0 Å². The van der Waals surface area contributed by atoms with Crippen molar-refractivity contribution in [2.45, 2.75) is 19.6 Å². The molecule has 0 bridgehead atoms. The molecule has 1 N–H and O–H groups in total. The van der Waals surface area contributed by atoms with Crippen LogP contribution in [-0.4, -0.2) is 15.1 Å². The summed E-state index contributed by atoms with van der Waals surface area (Å²) in [4.78, 5) is 8.00. The smallest absolute Gasteiger partial charge is 0.166 e. The third kappa shape index (κ3) is 3.01. The van der Waals surface area contributed by atoms with Gasteiger partial charge in [-0.3, -0.25) is 0 Å². The van der Waals surface area contributed by atoms with Gasteiger partial charge in [0.1, 0.15) is 18.2 Å². The van der Waals surface area contributed by atoms with Crippen LogP contribution in [-0.2, 0) is 6.61 Å². The van der Waals surface area contributed by atoms with Crippen LogP contribution in [0.5, 0.6) is 5.75 Å². The zero-order chi connectivity index (χ0) is 13.0. The molecule has 94 valence electrons. The van der Waals surface area contributed by atoms with Crippen LogP contribution in [0.25, 0.3) is 0 Å². The molecule has 0 saturated heterocycles. The van der Waals surface area contributed by atoms with Gasteiger partial charge in [-0.1, -0.05) is 0 Å². The van der Waals surface area contributed by atoms with Crippen molar-refractivity contribution in [2.75, 3.05) is 0 Å². The average Bonchev–Trinajstić information content (AvgIpc) is 2.37. The summed E-state index contributed by atoms with van der Waals surface area (Å²) in [7, 11) is 0. The van der Waals surface area contributed by atoms with Crippen molar-refractivity contribution in [1.29, 1.82) is 0 Å². The van der Waals surface area contributed by atoms with Crippen LogP contribution in [0.2, 0.25) is 0 Å². The fourth-order valence-electron chi connectivity index (χ4n) is 1.53. The summed E-state index contributed by atoms with van der Waals surface area (Å²) in [5.74, 6) is 0.388. The van der Waals surface area contributed by atoms with Crippen LogP contribution >= 0.6 is 0 Å². The van der Waals surface area contributed by atoms with Crippen LogP contribution in [0.4, 0.5) is 4.39 Å². The third-order valence-electron chi connectivity index (χ3n) is 2.40. The van der Waals surface area contributed by atoms with Gasteiger partial charge in [-0.05, 0) is 25.1 Å². The Kier molecular flexibility index (Phi) is 3.84. The van der Waals surface area contributed by atoms with Gasteiger partial charge in [-0.2, -0.15) is 0 Å². The molecular weight excluding hydrogens is 235 g/mol. The molecule has 0 spiro atoms. The van der Waals surface area contributed by atoms with Gasteiger partial charge in [0.15, 0.2) is 5.82 Å². The lowest BCUT2D eigenvalue weighted by Crippen LogP contribution is -2.04. The predicted octanol–water partition coefficient (Wildman–Crippen LogP) is 2.25. The first-order valence-electron chi connectivity index (χ1n) is 5.53. The van der Waals surface area contributed by atoms with E-state index in [0.717, 1.165) is 0 Å². The fraction of sp³-hybridized carbons (Fsp3) is 0.231. The topological polar surface area (TPSA) is 55.2 Å². The van der Waals surface area contributed by atoms with Gasteiger partial charge < -0.3 is 9.84 Å². The van der Waals surface area contributed by atoms with Crippen molar-refractivity contribution < 1.29 is 14.2 Å². The van der Waals surface area contributed by atoms with E-state index in [2.05, 4.69) is 9.97 Å². The Morgan fingerprint density at radius 1 is 1.33 bits per heavy atom. The van der Waals surface area contributed by atoms with Gasteiger partial charge in [0.25, 0.3) is 0 Å². The van der Waals surface area contributed by atoms with Gasteiger partial charge in [-0.15, -0.1) is 0 Å². The first-order chi connectivity index (χ1) is 8.66. The van der Waals surface area contributed by atoms with Crippen LogP contribution in [0.3, 0.4) is 0 Å². The maximum Gasteiger partial charge on any atom is 0.166 e. The van der Waals surface area contributed by atoms with Gasteiger partial charge in [0.2, 0.25) is 0 Å². The Bertz CT molecular complexity index is 518. The second-order valence-electron chi connectivity index (χ2n) is 3.81. The monoisotopic (exact) mass is 248 g/mol. The maximum atomic E-state index is 13.1. The Morgan fingerprint density at radius 3 is 2.72 bits per heavy atom. The van der Waals surface area contributed by atoms with Crippen molar-refractivity contribution in [3.63, 3.8) is 0 Å². The highest BCUT2D eigenvalue weighted by molar-refractivity contribution is 5.35. The van der Waals surface area contributed by atoms with Crippen LogP contribution in [0.1, 0.15) is 24.4 Å². The number of halogens is 1. The quantitative estimate of drug-likeness (QED) is 0.901. The van der Waals surface area contributed by atoms with Gasteiger partial charge in [0.05, 0.1) is 6.10 Å². The van der Waals surface area contributed by atoms with E-state index >= 15 is 0 Å². The molecule has 1 aromatic heterocycles. The summed E-state index contributed by atoms with van der Waals surface area (Å²) in [5.41, 5.74) is 0.535. The number of aromatic nitrogens is 2. The van der Waals surface area contributed by atoms with Crippen LogP contribution in [0.15, 0.2) is 36.7 Å². The lowest BCUT2D eigenvalue weighted by molar-refractivity contribution is 0.189. The minimum absolute atomic E-state index is 0.129. The highest BCUT2D eigenvalue weighted by atomic mass is 19.1. The summed E-state index contributed by atoms with van der Waals surface area (Å²) in [6.07, 6.45) is 2.48. The molecule has 1 heterocycles. The van der Waals surface area contributed by atoms with Gasteiger partial charge >= 0.3 is 0 Å². The number of benzene rings is 1. The van der Waals surface area contributed by atoms with E-state index in [1.54, 1.807) is 25.4 Å². The Labute approximate surface area is 104 Å². The first-order valence-corrected chi connectivity index (χ1v) is 5.53. The number of hydrogen-bond donors (Lipinski definition) is 1. The Hall–Kier alpha value is -2.01. The van der Waals surface area contributed by atoms with E-state index < -0.39 is 11.9 Å². The third-order valence-corrected chi connectivity index (χ3v) is 2.40.